The molecule has 2 nitrogen and oxygen atoms in total. The molecule has 0 N–H and O–H groups in total. The molecule has 0 saturated carbocycles. The van der Waals surface area contributed by atoms with Gasteiger partial charge in [-0.3, -0.25) is 0 Å². The van der Waals surface area contributed by atoms with Crippen LogP contribution in [0.3, 0.4) is 0 Å². The van der Waals surface area contributed by atoms with Crippen molar-refractivity contribution in [3.05, 3.63) is 0 Å². The van der Waals surface area contributed by atoms with E-state index in [1.54, 1.807) is 7.11 Å². The molecule has 0 aromatic heterocycles. The summed E-state index contributed by atoms with van der Waals surface area (Å²) in [5.41, 5.74) is -0.141. The largest absolute Gasteiger partial charge is 0.357 e. The molecule has 0 aliphatic carbocycles. The summed E-state index contributed by atoms with van der Waals surface area (Å²) in [6, 6.07) is 0. The summed E-state index contributed by atoms with van der Waals surface area (Å²) in [5.74, 6) is 0. The number of ether oxygens (including phenoxy) is 2. The molecule has 0 spiro atoms. The van der Waals surface area contributed by atoms with Gasteiger partial charge in [-0.2, -0.15) is 0 Å². The van der Waals surface area contributed by atoms with Crippen LogP contribution in [0.2, 0.25) is 13.1 Å². The summed E-state index contributed by atoms with van der Waals surface area (Å²) < 4.78 is 11.2. The van der Waals surface area contributed by atoms with Gasteiger partial charge in [0.05, 0.1) is 0 Å². The molecule has 1 aliphatic heterocycles. The van der Waals surface area contributed by atoms with Crippen LogP contribution in [0, 0.1) is 0 Å². The zero-order chi connectivity index (χ0) is 8.32. The van der Waals surface area contributed by atoms with Gasteiger partial charge < -0.3 is 9.47 Å². The summed E-state index contributed by atoms with van der Waals surface area (Å²) >= 11 is 0. The standard InChI is InChI=1S/C8H18O2Si/c1-9-8(11(2)3)6-4-5-7-10-8/h11H,4-7H2,1-3H3. The van der Waals surface area contributed by atoms with Crippen molar-refractivity contribution in [2.45, 2.75) is 37.8 Å². The lowest BCUT2D eigenvalue weighted by Gasteiger charge is -2.38. The van der Waals surface area contributed by atoms with Gasteiger partial charge in [-0.05, 0) is 19.3 Å². The van der Waals surface area contributed by atoms with Crippen molar-refractivity contribution >= 4 is 8.80 Å². The fourth-order valence-corrected chi connectivity index (χ4v) is 3.35. The van der Waals surface area contributed by atoms with Crippen molar-refractivity contribution in [2.24, 2.45) is 0 Å². The van der Waals surface area contributed by atoms with Crippen LogP contribution in [0.25, 0.3) is 0 Å². The lowest BCUT2D eigenvalue weighted by atomic mass is 10.2. The van der Waals surface area contributed by atoms with Crippen LogP contribution in [-0.4, -0.2) is 27.9 Å². The quantitative estimate of drug-likeness (QED) is 0.591. The number of hydrogen-bond donors (Lipinski definition) is 0. The molecular weight excluding hydrogens is 156 g/mol. The van der Waals surface area contributed by atoms with Crippen molar-refractivity contribution in [1.82, 2.24) is 0 Å². The Kier molecular flexibility index (Phi) is 3.10. The molecule has 0 amide bonds. The van der Waals surface area contributed by atoms with Crippen molar-refractivity contribution in [3.63, 3.8) is 0 Å². The average Bonchev–Trinajstić information content (AvgIpc) is 2.05. The van der Waals surface area contributed by atoms with E-state index in [1.165, 1.54) is 12.8 Å². The molecule has 1 saturated heterocycles. The van der Waals surface area contributed by atoms with E-state index in [1.807, 2.05) is 0 Å². The van der Waals surface area contributed by atoms with Crippen molar-refractivity contribution in [2.75, 3.05) is 13.7 Å². The van der Waals surface area contributed by atoms with Crippen LogP contribution < -0.4 is 0 Å². The second-order valence-corrected chi connectivity index (χ2v) is 6.67. The van der Waals surface area contributed by atoms with Gasteiger partial charge in [0.2, 0.25) is 0 Å². The van der Waals surface area contributed by atoms with Gasteiger partial charge in [-0.25, -0.2) is 0 Å². The molecule has 1 fully saturated rings. The maximum atomic E-state index is 5.72. The van der Waals surface area contributed by atoms with Gasteiger partial charge in [0, 0.05) is 13.7 Å². The molecule has 1 heterocycles. The zero-order valence-corrected chi connectivity index (χ0v) is 8.88. The van der Waals surface area contributed by atoms with Gasteiger partial charge in [0.1, 0.15) is 14.2 Å². The summed E-state index contributed by atoms with van der Waals surface area (Å²) in [7, 11) is 0.944. The molecule has 1 rings (SSSR count). The molecule has 0 bridgehead atoms. The molecule has 0 radical (unpaired) electrons. The highest BCUT2D eigenvalue weighted by molar-refractivity contribution is 6.58. The molecule has 0 aromatic rings. The summed E-state index contributed by atoms with van der Waals surface area (Å²) in [5, 5.41) is 0. The number of hydrogen-bond acceptors (Lipinski definition) is 2. The molecule has 1 atom stereocenters. The molecule has 0 aromatic carbocycles. The Balaban J connectivity index is 2.57. The summed E-state index contributed by atoms with van der Waals surface area (Å²) in [6.45, 7) is 5.46. The first-order valence-corrected chi connectivity index (χ1v) is 7.29. The van der Waals surface area contributed by atoms with Crippen LogP contribution >= 0.6 is 0 Å². The van der Waals surface area contributed by atoms with Gasteiger partial charge in [-0.1, -0.05) is 13.1 Å². The van der Waals surface area contributed by atoms with E-state index in [0.717, 1.165) is 13.0 Å². The Labute approximate surface area is 70.5 Å². The molecule has 1 aliphatic rings. The highest BCUT2D eigenvalue weighted by Crippen LogP contribution is 2.27. The molecular formula is C8H18O2Si. The van der Waals surface area contributed by atoms with E-state index in [0.29, 0.717) is 0 Å². The van der Waals surface area contributed by atoms with Gasteiger partial charge in [0.15, 0.2) is 0 Å². The fourth-order valence-electron chi connectivity index (χ4n) is 1.64. The van der Waals surface area contributed by atoms with Crippen molar-refractivity contribution < 1.29 is 9.47 Å². The zero-order valence-electron chi connectivity index (χ0n) is 7.72. The first-order valence-electron chi connectivity index (χ1n) is 4.40. The van der Waals surface area contributed by atoms with Gasteiger partial charge in [-0.15, -0.1) is 0 Å². The second kappa shape index (κ2) is 3.69. The van der Waals surface area contributed by atoms with E-state index in [-0.39, 0.29) is 5.41 Å². The van der Waals surface area contributed by atoms with E-state index in [9.17, 15) is 0 Å². The topological polar surface area (TPSA) is 18.5 Å². The van der Waals surface area contributed by atoms with E-state index in [4.69, 9.17) is 9.47 Å². The van der Waals surface area contributed by atoms with Crippen molar-refractivity contribution in [1.29, 1.82) is 0 Å². The predicted molar refractivity (Wildman–Crippen MR) is 48.4 cm³/mol. The SMILES string of the molecule is COC1([SiH](C)C)CCCCO1. The third-order valence-electron chi connectivity index (χ3n) is 2.49. The Hall–Kier alpha value is 0.137. The fraction of sp³-hybridized carbons (Fsp3) is 1.00. The summed E-state index contributed by atoms with van der Waals surface area (Å²) in [4.78, 5) is 0. The Bertz CT molecular complexity index is 119. The second-order valence-electron chi connectivity index (χ2n) is 3.48. The predicted octanol–water partition coefficient (Wildman–Crippen LogP) is 1.56. The highest BCUT2D eigenvalue weighted by atomic mass is 28.3. The minimum absolute atomic E-state index is 0.141. The Morgan fingerprint density at radius 1 is 1.36 bits per heavy atom. The molecule has 66 valence electrons. The average molecular weight is 174 g/mol. The Morgan fingerprint density at radius 3 is 2.36 bits per heavy atom. The lowest BCUT2D eigenvalue weighted by Crippen LogP contribution is -2.48. The van der Waals surface area contributed by atoms with Gasteiger partial charge >= 0.3 is 0 Å². The van der Waals surface area contributed by atoms with Crippen molar-refractivity contribution in [3.8, 4) is 0 Å². The maximum absolute atomic E-state index is 5.72. The van der Waals surface area contributed by atoms with Gasteiger partial charge in [0.25, 0.3) is 0 Å². The number of rotatable bonds is 2. The third kappa shape index (κ3) is 1.83. The van der Waals surface area contributed by atoms with E-state index < -0.39 is 8.80 Å². The highest BCUT2D eigenvalue weighted by Gasteiger charge is 2.36. The number of methoxy groups -OCH3 is 1. The minimum Gasteiger partial charge on any atom is -0.357 e. The maximum Gasteiger partial charge on any atom is 0.147 e. The normalized spacial score (nSPS) is 32.7. The minimum atomic E-state index is -0.832. The Morgan fingerprint density at radius 2 is 2.09 bits per heavy atom. The molecule has 3 heteroatoms. The van der Waals surface area contributed by atoms with Crippen LogP contribution in [0.4, 0.5) is 0 Å². The van der Waals surface area contributed by atoms with Crippen LogP contribution in [0.15, 0.2) is 0 Å². The third-order valence-corrected chi connectivity index (χ3v) is 4.94. The molecule has 1 unspecified atom stereocenters. The van der Waals surface area contributed by atoms with Crippen LogP contribution in [0.1, 0.15) is 19.3 Å². The smallest absolute Gasteiger partial charge is 0.147 e. The first-order chi connectivity index (χ1) is 5.21. The van der Waals surface area contributed by atoms with E-state index in [2.05, 4.69) is 13.1 Å². The first kappa shape index (κ1) is 9.23. The summed E-state index contributed by atoms with van der Waals surface area (Å²) in [6.07, 6.45) is 3.57. The van der Waals surface area contributed by atoms with Crippen LogP contribution in [0.5, 0.6) is 0 Å². The lowest BCUT2D eigenvalue weighted by molar-refractivity contribution is -0.187. The monoisotopic (exact) mass is 174 g/mol. The van der Waals surface area contributed by atoms with E-state index >= 15 is 0 Å². The molecule has 11 heavy (non-hydrogen) atoms. The van der Waals surface area contributed by atoms with Crippen LogP contribution in [-0.2, 0) is 9.47 Å².